The third kappa shape index (κ3) is 6.56. The summed E-state index contributed by atoms with van der Waals surface area (Å²) in [5.74, 6) is 0.646. The van der Waals surface area contributed by atoms with Crippen LogP contribution < -0.4 is 24.4 Å². The van der Waals surface area contributed by atoms with Crippen molar-refractivity contribution in [2.24, 2.45) is 4.99 Å². The Morgan fingerprint density at radius 3 is 2.49 bits per heavy atom. The summed E-state index contributed by atoms with van der Waals surface area (Å²) in [6, 6.07) is 19.4. The maximum absolute atomic E-state index is 14.1. The number of thiazole rings is 1. The van der Waals surface area contributed by atoms with Crippen molar-refractivity contribution in [2.75, 3.05) is 6.61 Å². The molecule has 5 rings (SSSR count). The van der Waals surface area contributed by atoms with Gasteiger partial charge in [0.25, 0.3) is 5.56 Å². The van der Waals surface area contributed by atoms with Crippen LogP contribution in [0, 0.1) is 0 Å². The van der Waals surface area contributed by atoms with E-state index in [0.717, 1.165) is 5.56 Å². The zero-order valence-corrected chi connectivity index (χ0v) is 26.4. The van der Waals surface area contributed by atoms with E-state index in [1.807, 2.05) is 68.4 Å². The number of nitrogens with zero attached hydrogens (tertiary/aromatic N) is 2. The number of aromatic nitrogens is 1. The lowest BCUT2D eigenvalue weighted by atomic mass is 9.95. The third-order valence-corrected chi connectivity index (χ3v) is 8.40. The molecule has 2 heterocycles. The van der Waals surface area contributed by atoms with Gasteiger partial charge < -0.3 is 14.2 Å². The number of halogens is 2. The highest BCUT2D eigenvalue weighted by Gasteiger charge is 2.35. The van der Waals surface area contributed by atoms with Crippen molar-refractivity contribution in [3.63, 3.8) is 0 Å². The van der Waals surface area contributed by atoms with E-state index in [-0.39, 0.29) is 24.9 Å². The lowest BCUT2D eigenvalue weighted by Gasteiger charge is -2.26. The maximum Gasteiger partial charge on any atom is 0.338 e. The number of allylic oxidation sites excluding steroid dienone is 1. The van der Waals surface area contributed by atoms with Crippen LogP contribution in [0.15, 0.2) is 87.8 Å². The number of hydrogen-bond acceptors (Lipinski definition) is 7. The van der Waals surface area contributed by atoms with Gasteiger partial charge in [-0.25, -0.2) is 9.79 Å². The lowest BCUT2D eigenvalue weighted by Crippen LogP contribution is -2.40. The Labute approximate surface area is 263 Å². The molecule has 1 atom stereocenters. The van der Waals surface area contributed by atoms with Crippen molar-refractivity contribution in [2.45, 2.75) is 46.4 Å². The van der Waals surface area contributed by atoms with Crippen molar-refractivity contribution in [3.8, 4) is 11.5 Å². The molecule has 10 heteroatoms. The van der Waals surface area contributed by atoms with E-state index >= 15 is 0 Å². The molecule has 0 bridgehead atoms. The van der Waals surface area contributed by atoms with Gasteiger partial charge in [0.15, 0.2) is 4.80 Å². The summed E-state index contributed by atoms with van der Waals surface area (Å²) in [6.07, 6.45) is 1.67. The molecule has 0 amide bonds. The monoisotopic (exact) mass is 636 g/mol. The first-order valence-corrected chi connectivity index (χ1v) is 15.4. The summed E-state index contributed by atoms with van der Waals surface area (Å²) in [4.78, 5) is 32.6. The Kier molecular flexibility index (Phi) is 9.40. The molecule has 4 aromatic rings. The Morgan fingerprint density at radius 1 is 1.05 bits per heavy atom. The molecular weight excluding hydrogens is 607 g/mol. The fourth-order valence-electron chi connectivity index (χ4n) is 4.82. The highest BCUT2D eigenvalue weighted by molar-refractivity contribution is 7.07. The van der Waals surface area contributed by atoms with E-state index in [2.05, 4.69) is 4.99 Å². The van der Waals surface area contributed by atoms with E-state index in [4.69, 9.17) is 37.4 Å². The van der Waals surface area contributed by atoms with Crippen LogP contribution in [-0.4, -0.2) is 23.2 Å². The summed E-state index contributed by atoms with van der Waals surface area (Å²) >= 11 is 13.5. The van der Waals surface area contributed by atoms with Crippen LogP contribution in [0.4, 0.5) is 0 Å². The van der Waals surface area contributed by atoms with E-state index in [1.54, 1.807) is 36.6 Å². The number of carbonyl (C=O) groups is 1. The van der Waals surface area contributed by atoms with Gasteiger partial charge in [-0.15, -0.1) is 0 Å². The van der Waals surface area contributed by atoms with Gasteiger partial charge in [0.05, 0.1) is 38.6 Å². The number of hydrogen-bond donors (Lipinski definition) is 0. The molecule has 0 fully saturated rings. The van der Waals surface area contributed by atoms with Crippen molar-refractivity contribution >= 4 is 46.6 Å². The normalized spacial score (nSPS) is 14.9. The van der Waals surface area contributed by atoms with Crippen LogP contribution >= 0.6 is 34.5 Å². The minimum absolute atomic E-state index is 0.117. The van der Waals surface area contributed by atoms with Gasteiger partial charge in [0, 0.05) is 11.1 Å². The number of carbonyl (C=O) groups excluding carboxylic acids is 1. The Bertz CT molecular complexity index is 1890. The number of para-hydroxylation sites is 2. The number of ether oxygens (including phenoxy) is 3. The topological polar surface area (TPSA) is 79.1 Å². The fraction of sp³-hybridized carbons (Fsp3) is 0.242. The molecule has 1 aliphatic rings. The van der Waals surface area contributed by atoms with Gasteiger partial charge in [-0.05, 0) is 63.6 Å². The quantitative estimate of drug-likeness (QED) is 0.197. The summed E-state index contributed by atoms with van der Waals surface area (Å²) in [5.41, 5.74) is 2.74. The predicted octanol–water partition coefficient (Wildman–Crippen LogP) is 6.47. The molecule has 1 aliphatic heterocycles. The van der Waals surface area contributed by atoms with Gasteiger partial charge >= 0.3 is 5.97 Å². The standard InChI is InChI=1S/C33H30Cl2N2O5S/c1-5-40-32(39)29-20(4)36-33-37(30(29)23-11-7-9-13-27(23)42-19(2)3)31(38)28(43-33)17-22-10-6-8-12-26(22)41-18-21-14-15-24(34)25(35)16-21/h6-17,19,30H,5,18H2,1-4H3/b28-17+/t30-/m1/s1. The highest BCUT2D eigenvalue weighted by atomic mass is 35.5. The number of rotatable bonds is 9. The van der Waals surface area contributed by atoms with E-state index < -0.39 is 12.0 Å². The van der Waals surface area contributed by atoms with Crippen molar-refractivity contribution in [1.29, 1.82) is 0 Å². The fourth-order valence-corrected chi connectivity index (χ4v) is 6.17. The molecule has 0 saturated heterocycles. The molecule has 1 aromatic heterocycles. The van der Waals surface area contributed by atoms with Crippen LogP contribution in [0.1, 0.15) is 50.4 Å². The number of fused-ring (bicyclic) bond motifs is 1. The second-order valence-corrected chi connectivity index (χ2v) is 11.9. The van der Waals surface area contributed by atoms with Crippen LogP contribution in [0.5, 0.6) is 11.5 Å². The van der Waals surface area contributed by atoms with Crippen LogP contribution in [0.3, 0.4) is 0 Å². The molecule has 0 aliphatic carbocycles. The molecule has 3 aromatic carbocycles. The van der Waals surface area contributed by atoms with Gasteiger partial charge in [0.1, 0.15) is 24.1 Å². The molecular formula is C33H30Cl2N2O5S. The lowest BCUT2D eigenvalue weighted by molar-refractivity contribution is -0.139. The Hall–Kier alpha value is -3.85. The highest BCUT2D eigenvalue weighted by Crippen LogP contribution is 2.36. The number of benzene rings is 3. The second-order valence-electron chi connectivity index (χ2n) is 10.1. The van der Waals surface area contributed by atoms with Gasteiger partial charge in [-0.2, -0.15) is 0 Å². The largest absolute Gasteiger partial charge is 0.491 e. The molecule has 0 saturated carbocycles. The molecule has 0 spiro atoms. The maximum atomic E-state index is 14.1. The zero-order valence-electron chi connectivity index (χ0n) is 24.1. The van der Waals surface area contributed by atoms with Crippen molar-refractivity contribution < 1.29 is 19.0 Å². The molecule has 7 nitrogen and oxygen atoms in total. The summed E-state index contributed by atoms with van der Waals surface area (Å²) in [6.45, 7) is 7.81. The van der Waals surface area contributed by atoms with E-state index in [0.29, 0.717) is 53.3 Å². The minimum Gasteiger partial charge on any atom is -0.491 e. The molecule has 0 unspecified atom stereocenters. The SMILES string of the molecule is CCOC(=O)C1=C(C)N=c2s/c(=C/c3ccccc3OCc3ccc(Cl)c(Cl)c3)c(=O)n2[C@@H]1c1ccccc1OC(C)C. The number of esters is 1. The second kappa shape index (κ2) is 13.2. The van der Waals surface area contributed by atoms with Gasteiger partial charge in [0.2, 0.25) is 0 Å². The first-order chi connectivity index (χ1) is 20.7. The average molecular weight is 638 g/mol. The van der Waals surface area contributed by atoms with Crippen LogP contribution in [0.25, 0.3) is 6.08 Å². The third-order valence-electron chi connectivity index (χ3n) is 6.68. The van der Waals surface area contributed by atoms with Crippen molar-refractivity contribution in [3.05, 3.63) is 124 Å². The first kappa shape index (κ1) is 30.6. The Morgan fingerprint density at radius 2 is 1.77 bits per heavy atom. The van der Waals surface area contributed by atoms with Crippen LogP contribution in [-0.2, 0) is 16.1 Å². The summed E-state index contributed by atoms with van der Waals surface area (Å²) in [5, 5.41) is 0.920. The molecule has 43 heavy (non-hydrogen) atoms. The van der Waals surface area contributed by atoms with Gasteiger partial charge in [-0.1, -0.05) is 77.0 Å². The predicted molar refractivity (Wildman–Crippen MR) is 170 cm³/mol. The summed E-state index contributed by atoms with van der Waals surface area (Å²) in [7, 11) is 0. The van der Waals surface area contributed by atoms with E-state index in [9.17, 15) is 9.59 Å². The minimum atomic E-state index is -0.784. The zero-order chi connectivity index (χ0) is 30.7. The Balaban J connectivity index is 1.61. The van der Waals surface area contributed by atoms with Crippen molar-refractivity contribution in [1.82, 2.24) is 4.57 Å². The van der Waals surface area contributed by atoms with E-state index in [1.165, 1.54) is 11.3 Å². The molecule has 0 N–H and O–H groups in total. The average Bonchev–Trinajstić information content (AvgIpc) is 3.27. The molecule has 222 valence electrons. The summed E-state index contributed by atoms with van der Waals surface area (Å²) < 4.78 is 19.7. The van der Waals surface area contributed by atoms with Crippen LogP contribution in [0.2, 0.25) is 10.0 Å². The molecule has 0 radical (unpaired) electrons. The smallest absolute Gasteiger partial charge is 0.338 e. The first-order valence-electron chi connectivity index (χ1n) is 13.8. The van der Waals surface area contributed by atoms with Gasteiger partial charge in [-0.3, -0.25) is 9.36 Å².